The van der Waals surface area contributed by atoms with Crippen molar-refractivity contribution < 1.29 is 0 Å². The Bertz CT molecular complexity index is 67.3. The van der Waals surface area contributed by atoms with Crippen molar-refractivity contribution in [2.24, 2.45) is 5.73 Å². The molecule has 0 heterocycles. The molecule has 0 saturated heterocycles. The first-order chi connectivity index (χ1) is 3.48. The summed E-state index contributed by atoms with van der Waals surface area (Å²) in [5.41, 5.74) is 5.24. The molecule has 8 heavy (non-hydrogen) atoms. The Hall–Kier alpha value is 0.540. The van der Waals surface area contributed by atoms with E-state index in [0.29, 0.717) is 6.54 Å². The fraction of sp³-hybridized carbons (Fsp3) is 1.00. The lowest BCUT2D eigenvalue weighted by Gasteiger charge is -2.20. The van der Waals surface area contributed by atoms with Gasteiger partial charge < -0.3 is 5.73 Å². The second-order valence-electron chi connectivity index (χ2n) is 2.27. The average molecular weight is 156 g/mol. The summed E-state index contributed by atoms with van der Waals surface area (Å²) in [6.07, 6.45) is 0. The van der Waals surface area contributed by atoms with Gasteiger partial charge in [0, 0.05) is 6.54 Å². The van der Waals surface area contributed by atoms with Gasteiger partial charge in [-0.05, 0) is 13.8 Å². The standard InChI is InChI=1S/C5H11Cl2N/c1-5(2,7)4(6)3-8/h4H,3,8H2,1-2H3. The van der Waals surface area contributed by atoms with Crippen LogP contribution >= 0.6 is 23.2 Å². The van der Waals surface area contributed by atoms with Gasteiger partial charge in [-0.25, -0.2) is 0 Å². The molecule has 0 aromatic carbocycles. The molecule has 50 valence electrons. The highest BCUT2D eigenvalue weighted by Crippen LogP contribution is 2.21. The third-order valence-corrected chi connectivity index (χ3v) is 2.05. The van der Waals surface area contributed by atoms with Crippen molar-refractivity contribution in [2.45, 2.75) is 24.1 Å². The molecule has 0 aromatic rings. The molecule has 0 amide bonds. The number of nitrogens with two attached hydrogens (primary N) is 1. The zero-order valence-corrected chi connectivity index (χ0v) is 6.63. The van der Waals surface area contributed by atoms with Crippen LogP contribution in [-0.4, -0.2) is 16.8 Å². The molecular formula is C5H11Cl2N. The fourth-order valence-corrected chi connectivity index (χ4v) is 0.369. The largest absolute Gasteiger partial charge is 0.329 e. The normalized spacial score (nSPS) is 16.1. The summed E-state index contributed by atoms with van der Waals surface area (Å²) < 4.78 is 0. The number of alkyl halides is 2. The van der Waals surface area contributed by atoms with Crippen LogP contribution in [0.3, 0.4) is 0 Å². The number of halogens is 2. The maximum absolute atomic E-state index is 5.77. The van der Waals surface area contributed by atoms with Crippen LogP contribution in [0.25, 0.3) is 0 Å². The van der Waals surface area contributed by atoms with Gasteiger partial charge in [0.2, 0.25) is 0 Å². The van der Waals surface area contributed by atoms with E-state index in [9.17, 15) is 0 Å². The number of rotatable bonds is 2. The van der Waals surface area contributed by atoms with Gasteiger partial charge in [-0.2, -0.15) is 0 Å². The van der Waals surface area contributed by atoms with E-state index in [0.717, 1.165) is 0 Å². The molecule has 1 unspecified atom stereocenters. The van der Waals surface area contributed by atoms with Gasteiger partial charge in [-0.3, -0.25) is 0 Å². The molecule has 0 aromatic heterocycles. The summed E-state index contributed by atoms with van der Waals surface area (Å²) in [6.45, 7) is 4.12. The minimum absolute atomic E-state index is 0.135. The molecule has 2 N–H and O–H groups in total. The van der Waals surface area contributed by atoms with E-state index in [1.165, 1.54) is 0 Å². The second-order valence-corrected chi connectivity index (χ2v) is 3.77. The van der Waals surface area contributed by atoms with Gasteiger partial charge in [0.25, 0.3) is 0 Å². The maximum atomic E-state index is 5.77. The van der Waals surface area contributed by atoms with E-state index in [1.54, 1.807) is 0 Å². The minimum Gasteiger partial charge on any atom is -0.329 e. The van der Waals surface area contributed by atoms with Gasteiger partial charge in [0.1, 0.15) is 0 Å². The van der Waals surface area contributed by atoms with Crippen molar-refractivity contribution in [3.8, 4) is 0 Å². The molecule has 0 aliphatic rings. The molecule has 0 saturated carbocycles. The Morgan fingerprint density at radius 2 is 2.00 bits per heavy atom. The quantitative estimate of drug-likeness (QED) is 0.603. The van der Waals surface area contributed by atoms with Crippen LogP contribution in [0.15, 0.2) is 0 Å². The lowest BCUT2D eigenvalue weighted by molar-refractivity contribution is 0.646. The summed E-state index contributed by atoms with van der Waals surface area (Å²) in [5.74, 6) is 0. The Kier molecular flexibility index (Phi) is 3.10. The summed E-state index contributed by atoms with van der Waals surface area (Å²) in [5, 5.41) is -0.135. The van der Waals surface area contributed by atoms with Gasteiger partial charge in [-0.1, -0.05) is 0 Å². The van der Waals surface area contributed by atoms with E-state index in [2.05, 4.69) is 0 Å². The van der Waals surface area contributed by atoms with Crippen molar-refractivity contribution >= 4 is 23.2 Å². The SMILES string of the molecule is CC(C)(Cl)C(Cl)CN. The summed E-state index contributed by atoms with van der Waals surface area (Å²) in [6, 6.07) is 0. The van der Waals surface area contributed by atoms with E-state index in [1.807, 2.05) is 13.8 Å². The van der Waals surface area contributed by atoms with Crippen LogP contribution in [0.4, 0.5) is 0 Å². The highest BCUT2D eigenvalue weighted by Gasteiger charge is 2.22. The highest BCUT2D eigenvalue weighted by molar-refractivity contribution is 6.32. The van der Waals surface area contributed by atoms with Crippen LogP contribution in [-0.2, 0) is 0 Å². The highest BCUT2D eigenvalue weighted by atomic mass is 35.5. The van der Waals surface area contributed by atoms with Crippen LogP contribution in [0.5, 0.6) is 0 Å². The molecule has 3 heteroatoms. The first-order valence-electron chi connectivity index (χ1n) is 2.51. The zero-order valence-electron chi connectivity index (χ0n) is 5.12. The van der Waals surface area contributed by atoms with E-state index in [-0.39, 0.29) is 10.3 Å². The minimum atomic E-state index is -0.379. The van der Waals surface area contributed by atoms with Gasteiger partial charge in [0.15, 0.2) is 0 Å². The smallest absolute Gasteiger partial charge is 0.0644 e. The zero-order chi connectivity index (χ0) is 6.78. The van der Waals surface area contributed by atoms with E-state index in [4.69, 9.17) is 28.9 Å². The monoisotopic (exact) mass is 155 g/mol. The first-order valence-corrected chi connectivity index (χ1v) is 3.33. The predicted molar refractivity (Wildman–Crippen MR) is 38.6 cm³/mol. The van der Waals surface area contributed by atoms with Crippen molar-refractivity contribution in [1.82, 2.24) is 0 Å². The van der Waals surface area contributed by atoms with E-state index >= 15 is 0 Å². The number of hydrogen-bond donors (Lipinski definition) is 1. The third kappa shape index (κ3) is 2.75. The van der Waals surface area contributed by atoms with Crippen molar-refractivity contribution in [2.75, 3.05) is 6.54 Å². The molecule has 0 bridgehead atoms. The fourth-order valence-electron chi connectivity index (χ4n) is 0.280. The summed E-state index contributed by atoms with van der Waals surface area (Å²) in [7, 11) is 0. The van der Waals surface area contributed by atoms with Crippen molar-refractivity contribution in [3.05, 3.63) is 0 Å². The Morgan fingerprint density at radius 1 is 1.62 bits per heavy atom. The average Bonchev–Trinajstić information content (AvgIpc) is 1.62. The Labute approximate surface area is 60.1 Å². The van der Waals surface area contributed by atoms with Crippen LogP contribution in [0.2, 0.25) is 0 Å². The maximum Gasteiger partial charge on any atom is 0.0644 e. The molecule has 1 atom stereocenters. The molecule has 1 nitrogen and oxygen atoms in total. The van der Waals surface area contributed by atoms with Gasteiger partial charge in [-0.15, -0.1) is 23.2 Å². The molecule has 0 fully saturated rings. The van der Waals surface area contributed by atoms with Crippen LogP contribution in [0.1, 0.15) is 13.8 Å². The van der Waals surface area contributed by atoms with Crippen LogP contribution in [0, 0.1) is 0 Å². The molecular weight excluding hydrogens is 145 g/mol. The van der Waals surface area contributed by atoms with Crippen molar-refractivity contribution in [3.63, 3.8) is 0 Å². The first kappa shape index (κ1) is 8.54. The van der Waals surface area contributed by atoms with Crippen molar-refractivity contribution in [1.29, 1.82) is 0 Å². The summed E-state index contributed by atoms with van der Waals surface area (Å²) in [4.78, 5) is -0.379. The second kappa shape index (κ2) is 2.90. The number of hydrogen-bond acceptors (Lipinski definition) is 1. The molecule has 0 aliphatic heterocycles. The summed E-state index contributed by atoms with van der Waals surface area (Å²) >= 11 is 11.5. The Balaban J connectivity index is 3.62. The van der Waals surface area contributed by atoms with Crippen LogP contribution < -0.4 is 5.73 Å². The molecule has 0 aliphatic carbocycles. The molecule has 0 spiro atoms. The van der Waals surface area contributed by atoms with Gasteiger partial charge in [0.05, 0.1) is 10.3 Å². The molecule has 0 radical (unpaired) electrons. The third-order valence-electron chi connectivity index (χ3n) is 0.952. The topological polar surface area (TPSA) is 26.0 Å². The Morgan fingerprint density at radius 3 is 2.00 bits per heavy atom. The predicted octanol–water partition coefficient (Wildman–Crippen LogP) is 1.57. The molecule has 0 rings (SSSR count). The van der Waals surface area contributed by atoms with E-state index < -0.39 is 0 Å². The lowest BCUT2D eigenvalue weighted by Crippen LogP contribution is -2.32. The van der Waals surface area contributed by atoms with Gasteiger partial charge >= 0.3 is 0 Å². The lowest BCUT2D eigenvalue weighted by atomic mass is 10.1.